The van der Waals surface area contributed by atoms with Gasteiger partial charge in [-0.3, -0.25) is 4.79 Å². The molecule has 2 aliphatic carbocycles. The van der Waals surface area contributed by atoms with Crippen molar-refractivity contribution in [2.24, 2.45) is 17.3 Å². The van der Waals surface area contributed by atoms with Crippen LogP contribution < -0.4 is 0 Å². The Balaban J connectivity index is 2.35. The van der Waals surface area contributed by atoms with E-state index in [4.69, 9.17) is 0 Å². The van der Waals surface area contributed by atoms with E-state index in [2.05, 4.69) is 20.3 Å². The predicted molar refractivity (Wildman–Crippen MR) is 39.3 cm³/mol. The van der Waals surface area contributed by atoms with E-state index in [1.165, 1.54) is 0 Å². The first-order chi connectivity index (χ1) is 4.62. The summed E-state index contributed by atoms with van der Waals surface area (Å²) in [5, 5.41) is 0. The largest absolute Gasteiger partial charge is 0.299 e. The van der Waals surface area contributed by atoms with Gasteiger partial charge in [-0.1, -0.05) is 13.8 Å². The highest BCUT2D eigenvalue weighted by atomic mass is 16.1. The molecule has 1 heteroatoms. The van der Waals surface area contributed by atoms with Crippen molar-refractivity contribution in [3.8, 4) is 0 Å². The minimum absolute atomic E-state index is 0.289. The van der Waals surface area contributed by atoms with Crippen LogP contribution in [-0.2, 0) is 4.79 Å². The molecule has 2 atom stereocenters. The molecule has 2 saturated carbocycles. The lowest BCUT2D eigenvalue weighted by Crippen LogP contribution is -2.19. The highest BCUT2D eigenvalue weighted by Gasteiger charge is 2.52. The van der Waals surface area contributed by atoms with Gasteiger partial charge in [0.1, 0.15) is 5.78 Å². The average molecular weight is 137 g/mol. The fraction of sp³-hybridized carbons (Fsp3) is 0.778. The van der Waals surface area contributed by atoms with Crippen molar-refractivity contribution in [1.82, 2.24) is 0 Å². The summed E-state index contributed by atoms with van der Waals surface area (Å²) in [6, 6.07) is 0. The normalized spacial score (nSPS) is 42.8. The summed E-state index contributed by atoms with van der Waals surface area (Å²) in [6.45, 7) is 4.44. The van der Waals surface area contributed by atoms with Gasteiger partial charge < -0.3 is 0 Å². The first kappa shape index (κ1) is 6.38. The molecule has 1 radical (unpaired) electrons. The molecule has 0 heterocycles. The van der Waals surface area contributed by atoms with Crippen LogP contribution in [0.3, 0.4) is 0 Å². The molecular formula is C9H13O. The summed E-state index contributed by atoms with van der Waals surface area (Å²) >= 11 is 0. The van der Waals surface area contributed by atoms with Gasteiger partial charge in [0.05, 0.1) is 0 Å². The van der Waals surface area contributed by atoms with Crippen molar-refractivity contribution >= 4 is 5.78 Å². The molecule has 0 aromatic carbocycles. The second kappa shape index (κ2) is 1.63. The molecule has 0 amide bonds. The summed E-state index contributed by atoms with van der Waals surface area (Å²) in [7, 11) is 0. The first-order valence-corrected chi connectivity index (χ1v) is 3.98. The van der Waals surface area contributed by atoms with Gasteiger partial charge in [0, 0.05) is 12.3 Å². The van der Waals surface area contributed by atoms with Crippen LogP contribution in [0.2, 0.25) is 0 Å². The average Bonchev–Trinajstić information content (AvgIpc) is 2.20. The number of rotatable bonds is 0. The van der Waals surface area contributed by atoms with Crippen LogP contribution in [-0.4, -0.2) is 5.78 Å². The van der Waals surface area contributed by atoms with Crippen LogP contribution in [0.15, 0.2) is 0 Å². The molecule has 0 aliphatic heterocycles. The maximum absolute atomic E-state index is 11.2. The molecule has 55 valence electrons. The Morgan fingerprint density at radius 2 is 2.30 bits per heavy atom. The Morgan fingerprint density at radius 3 is 2.50 bits per heavy atom. The molecule has 2 rings (SSSR count). The lowest BCUT2D eigenvalue weighted by molar-refractivity contribution is -0.122. The van der Waals surface area contributed by atoms with E-state index in [0.717, 1.165) is 12.8 Å². The van der Waals surface area contributed by atoms with Gasteiger partial charge in [-0.2, -0.15) is 0 Å². The Bertz CT molecular complexity index is 181. The van der Waals surface area contributed by atoms with Crippen LogP contribution >= 0.6 is 0 Å². The van der Waals surface area contributed by atoms with Crippen molar-refractivity contribution in [2.45, 2.75) is 26.7 Å². The molecule has 1 nitrogen and oxygen atoms in total. The lowest BCUT2D eigenvalue weighted by Gasteiger charge is -2.21. The number of carbonyl (C=O) groups excluding carboxylic acids is 1. The fourth-order valence-corrected chi connectivity index (χ4v) is 2.42. The third kappa shape index (κ3) is 0.561. The zero-order valence-corrected chi connectivity index (χ0v) is 6.55. The highest BCUT2D eigenvalue weighted by Crippen LogP contribution is 2.54. The zero-order chi connectivity index (χ0) is 7.35. The molecule has 2 aliphatic rings. The van der Waals surface area contributed by atoms with Crippen LogP contribution in [0.1, 0.15) is 26.7 Å². The number of hydrogen-bond acceptors (Lipinski definition) is 1. The smallest absolute Gasteiger partial charge is 0.136 e. The maximum atomic E-state index is 11.2. The van der Waals surface area contributed by atoms with E-state index in [-0.39, 0.29) is 5.41 Å². The van der Waals surface area contributed by atoms with Crippen molar-refractivity contribution in [3.05, 3.63) is 6.42 Å². The van der Waals surface area contributed by atoms with E-state index in [9.17, 15) is 4.79 Å². The molecule has 0 aromatic heterocycles. The predicted octanol–water partition coefficient (Wildman–Crippen LogP) is 1.83. The third-order valence-electron chi connectivity index (χ3n) is 3.32. The standard InChI is InChI=1S/C9H13O/c1-9(2)6-3-4-7(9)8(10)5-6/h3,6-7H,4-5H2,1-2H3. The van der Waals surface area contributed by atoms with Crippen molar-refractivity contribution in [1.29, 1.82) is 0 Å². The second-order valence-electron chi connectivity index (χ2n) is 4.12. The van der Waals surface area contributed by atoms with Gasteiger partial charge in [-0.05, 0) is 24.2 Å². The fourth-order valence-electron chi connectivity index (χ4n) is 2.42. The Kier molecular flexibility index (Phi) is 1.04. The van der Waals surface area contributed by atoms with Crippen LogP contribution in [0.25, 0.3) is 0 Å². The number of ketones is 1. The molecule has 0 saturated heterocycles. The third-order valence-corrected chi connectivity index (χ3v) is 3.32. The van der Waals surface area contributed by atoms with Gasteiger partial charge in [0.15, 0.2) is 0 Å². The van der Waals surface area contributed by atoms with Crippen LogP contribution in [0, 0.1) is 23.7 Å². The number of Topliss-reactive ketones (excluding diaryl/α,β-unsaturated/α-hetero) is 1. The van der Waals surface area contributed by atoms with E-state index in [1.54, 1.807) is 0 Å². The van der Waals surface area contributed by atoms with E-state index < -0.39 is 0 Å². The Labute approximate surface area is 61.8 Å². The highest BCUT2D eigenvalue weighted by molar-refractivity contribution is 5.86. The van der Waals surface area contributed by atoms with Crippen LogP contribution in [0.4, 0.5) is 0 Å². The van der Waals surface area contributed by atoms with E-state index in [0.29, 0.717) is 17.6 Å². The monoisotopic (exact) mass is 137 g/mol. The van der Waals surface area contributed by atoms with Gasteiger partial charge in [0.25, 0.3) is 0 Å². The molecular weight excluding hydrogens is 124 g/mol. The van der Waals surface area contributed by atoms with Gasteiger partial charge in [-0.25, -0.2) is 0 Å². The quantitative estimate of drug-likeness (QED) is 0.497. The van der Waals surface area contributed by atoms with Gasteiger partial charge in [-0.15, -0.1) is 0 Å². The second-order valence-corrected chi connectivity index (χ2v) is 4.12. The summed E-state index contributed by atoms with van der Waals surface area (Å²) in [5.74, 6) is 1.44. The van der Waals surface area contributed by atoms with E-state index >= 15 is 0 Å². The Hall–Kier alpha value is -0.330. The molecule has 2 bridgehead atoms. The van der Waals surface area contributed by atoms with Gasteiger partial charge >= 0.3 is 0 Å². The molecule has 0 N–H and O–H groups in total. The molecule has 0 aromatic rings. The minimum atomic E-state index is 0.289. The summed E-state index contributed by atoms with van der Waals surface area (Å²) in [4.78, 5) is 11.2. The Morgan fingerprint density at radius 1 is 1.60 bits per heavy atom. The SMILES string of the molecule is CC1(C)C2[CH]CC1C(=O)C2. The molecule has 10 heavy (non-hydrogen) atoms. The zero-order valence-electron chi connectivity index (χ0n) is 6.55. The first-order valence-electron chi connectivity index (χ1n) is 3.98. The molecule has 2 fully saturated rings. The lowest BCUT2D eigenvalue weighted by atomic mass is 9.82. The van der Waals surface area contributed by atoms with E-state index in [1.807, 2.05) is 0 Å². The number of hydrogen-bond donors (Lipinski definition) is 0. The van der Waals surface area contributed by atoms with Crippen molar-refractivity contribution in [2.75, 3.05) is 0 Å². The summed E-state index contributed by atoms with van der Waals surface area (Å²) in [5.41, 5.74) is 0.289. The maximum Gasteiger partial charge on any atom is 0.136 e. The number of carbonyl (C=O) groups is 1. The van der Waals surface area contributed by atoms with Crippen molar-refractivity contribution < 1.29 is 4.79 Å². The van der Waals surface area contributed by atoms with Gasteiger partial charge in [0.2, 0.25) is 0 Å². The summed E-state index contributed by atoms with van der Waals surface area (Å²) < 4.78 is 0. The molecule has 2 unspecified atom stereocenters. The number of fused-ring (bicyclic) bond motifs is 2. The van der Waals surface area contributed by atoms with Crippen LogP contribution in [0.5, 0.6) is 0 Å². The minimum Gasteiger partial charge on any atom is -0.299 e. The molecule has 0 spiro atoms. The van der Waals surface area contributed by atoms with Crippen molar-refractivity contribution in [3.63, 3.8) is 0 Å². The summed E-state index contributed by atoms with van der Waals surface area (Å²) in [6.07, 6.45) is 4.18. The topological polar surface area (TPSA) is 17.1 Å².